The molecule has 2 aliphatic rings. The van der Waals surface area contributed by atoms with Gasteiger partial charge in [0.25, 0.3) is 11.8 Å². The summed E-state index contributed by atoms with van der Waals surface area (Å²) in [7, 11) is 0. The number of nitrogens with one attached hydrogen (secondary N) is 4. The number of ketones is 1. The molecule has 4 N–H and O–H groups in total. The zero-order valence-electron chi connectivity index (χ0n) is 32.1. The van der Waals surface area contributed by atoms with Gasteiger partial charge in [0.05, 0.1) is 18.3 Å². The van der Waals surface area contributed by atoms with Crippen LogP contribution in [0.2, 0.25) is 0 Å². The number of hydrogen-bond acceptors (Lipinski definition) is 8. The Bertz CT molecular complexity index is 1600. The predicted octanol–water partition coefficient (Wildman–Crippen LogP) is 4.21. The smallest absolute Gasteiger partial charge is 0.290 e. The lowest BCUT2D eigenvalue weighted by Gasteiger charge is -2.35. The molecule has 4 rings (SSSR count). The molecule has 13 nitrogen and oxygen atoms in total. The SMILES string of the molecule is C=C[C@H](NC(=O)C(=O)C(CCC)NC(=O)[C@@H]1[C@@H](CC)CCN1C(=O)[C@@H](NC(=O)[C@@H](NC(=O)c1cnccn1)C1CCCCC1)C(C)CC)c1ccccc1. The van der Waals surface area contributed by atoms with Gasteiger partial charge in [-0.05, 0) is 49.0 Å². The van der Waals surface area contributed by atoms with Gasteiger partial charge in [0.1, 0.15) is 23.8 Å². The molecule has 1 aliphatic heterocycles. The number of nitrogens with zero attached hydrogens (tertiary/aromatic N) is 3. The van der Waals surface area contributed by atoms with Crippen LogP contribution in [0.5, 0.6) is 0 Å². The number of carbonyl (C=O) groups is 6. The van der Waals surface area contributed by atoms with Gasteiger partial charge >= 0.3 is 0 Å². The molecule has 2 heterocycles. The van der Waals surface area contributed by atoms with Crippen molar-refractivity contribution in [2.75, 3.05) is 6.54 Å². The lowest BCUT2D eigenvalue weighted by molar-refractivity contribution is -0.145. The van der Waals surface area contributed by atoms with E-state index in [1.807, 2.05) is 58.0 Å². The summed E-state index contributed by atoms with van der Waals surface area (Å²) in [5.41, 5.74) is 0.850. The Hall–Kier alpha value is -4.94. The fraction of sp³-hybridized carbons (Fsp3) is 0.561. The first-order chi connectivity index (χ1) is 26.0. The number of benzene rings is 1. The average Bonchev–Trinajstić information content (AvgIpc) is 3.65. The third kappa shape index (κ3) is 10.6. The molecule has 1 saturated carbocycles. The van der Waals surface area contributed by atoms with E-state index in [-0.39, 0.29) is 29.9 Å². The first-order valence-electron chi connectivity index (χ1n) is 19.5. The van der Waals surface area contributed by atoms with Crippen LogP contribution in [0, 0.1) is 17.8 Å². The van der Waals surface area contributed by atoms with Gasteiger partial charge in [-0.25, -0.2) is 4.98 Å². The number of Topliss-reactive ketones (excluding diaryl/α,β-unsaturated/α-hetero) is 1. The van der Waals surface area contributed by atoms with E-state index in [9.17, 15) is 28.8 Å². The van der Waals surface area contributed by atoms with Crippen LogP contribution >= 0.6 is 0 Å². The van der Waals surface area contributed by atoms with Crippen molar-refractivity contribution in [3.8, 4) is 0 Å². The molecule has 5 amide bonds. The summed E-state index contributed by atoms with van der Waals surface area (Å²) in [6.07, 6.45) is 12.6. The fourth-order valence-corrected chi connectivity index (χ4v) is 7.61. The van der Waals surface area contributed by atoms with Crippen molar-refractivity contribution < 1.29 is 28.8 Å². The molecule has 13 heteroatoms. The summed E-state index contributed by atoms with van der Waals surface area (Å²) in [4.78, 5) is 92.3. The minimum Gasteiger partial charge on any atom is -0.344 e. The lowest BCUT2D eigenvalue weighted by atomic mass is 9.83. The Labute approximate surface area is 318 Å². The highest BCUT2D eigenvalue weighted by Gasteiger charge is 2.45. The van der Waals surface area contributed by atoms with Gasteiger partial charge < -0.3 is 26.2 Å². The van der Waals surface area contributed by atoms with Crippen LogP contribution in [-0.2, 0) is 24.0 Å². The van der Waals surface area contributed by atoms with Crippen LogP contribution in [0.15, 0.2) is 61.6 Å². The molecule has 1 saturated heterocycles. The molecule has 0 bridgehead atoms. The minimum absolute atomic E-state index is 0.0891. The highest BCUT2D eigenvalue weighted by atomic mass is 16.2. The molecular weight excluding hydrogens is 686 g/mol. The summed E-state index contributed by atoms with van der Waals surface area (Å²) in [6.45, 7) is 11.7. The van der Waals surface area contributed by atoms with Crippen LogP contribution in [0.3, 0.4) is 0 Å². The van der Waals surface area contributed by atoms with Crippen LogP contribution in [-0.4, -0.2) is 80.9 Å². The van der Waals surface area contributed by atoms with E-state index in [2.05, 4.69) is 37.8 Å². The zero-order valence-corrected chi connectivity index (χ0v) is 32.1. The monoisotopic (exact) mass is 743 g/mol. The molecule has 54 heavy (non-hydrogen) atoms. The first-order valence-corrected chi connectivity index (χ1v) is 19.5. The van der Waals surface area contributed by atoms with Gasteiger partial charge in [-0.2, -0.15) is 0 Å². The number of amides is 5. The van der Waals surface area contributed by atoms with Gasteiger partial charge in [-0.3, -0.25) is 33.8 Å². The largest absolute Gasteiger partial charge is 0.344 e. The number of rotatable bonds is 18. The Kier molecular flexibility index (Phi) is 15.9. The van der Waals surface area contributed by atoms with Crippen LogP contribution < -0.4 is 21.3 Å². The van der Waals surface area contributed by atoms with Crippen LogP contribution in [0.1, 0.15) is 114 Å². The molecule has 1 aromatic heterocycles. The van der Waals surface area contributed by atoms with Gasteiger partial charge in [0.15, 0.2) is 0 Å². The van der Waals surface area contributed by atoms with Crippen molar-refractivity contribution >= 4 is 35.3 Å². The maximum atomic E-state index is 14.5. The van der Waals surface area contributed by atoms with Crippen molar-refractivity contribution in [1.29, 1.82) is 0 Å². The zero-order chi connectivity index (χ0) is 39.2. The molecule has 0 spiro atoms. The van der Waals surface area contributed by atoms with E-state index >= 15 is 0 Å². The third-order valence-corrected chi connectivity index (χ3v) is 11.0. The van der Waals surface area contributed by atoms with E-state index in [0.29, 0.717) is 32.2 Å². The predicted molar refractivity (Wildman–Crippen MR) is 205 cm³/mol. The van der Waals surface area contributed by atoms with Gasteiger partial charge in [-0.1, -0.05) is 103 Å². The van der Waals surface area contributed by atoms with E-state index in [0.717, 1.165) is 37.7 Å². The molecule has 2 unspecified atom stereocenters. The molecular formula is C41H57N7O6. The van der Waals surface area contributed by atoms with E-state index in [4.69, 9.17) is 0 Å². The fourth-order valence-electron chi connectivity index (χ4n) is 7.61. The summed E-state index contributed by atoms with van der Waals surface area (Å²) in [5.74, 6) is -4.13. The van der Waals surface area contributed by atoms with Gasteiger partial charge in [0.2, 0.25) is 23.5 Å². The molecule has 7 atom stereocenters. The quantitative estimate of drug-likeness (QED) is 0.130. The number of carbonyl (C=O) groups excluding carboxylic acids is 6. The van der Waals surface area contributed by atoms with Crippen molar-refractivity contribution in [1.82, 2.24) is 36.1 Å². The highest BCUT2D eigenvalue weighted by molar-refractivity contribution is 6.38. The number of hydrogen-bond donors (Lipinski definition) is 4. The van der Waals surface area contributed by atoms with Crippen LogP contribution in [0.25, 0.3) is 0 Å². The van der Waals surface area contributed by atoms with Crippen molar-refractivity contribution in [2.24, 2.45) is 17.8 Å². The number of aromatic nitrogens is 2. The Morgan fingerprint density at radius 2 is 1.65 bits per heavy atom. The summed E-state index contributed by atoms with van der Waals surface area (Å²) in [6, 6.07) is 4.67. The lowest BCUT2D eigenvalue weighted by Crippen LogP contribution is -2.61. The summed E-state index contributed by atoms with van der Waals surface area (Å²) < 4.78 is 0. The van der Waals surface area contributed by atoms with E-state index in [1.54, 1.807) is 0 Å². The summed E-state index contributed by atoms with van der Waals surface area (Å²) in [5, 5.41) is 11.4. The van der Waals surface area contributed by atoms with Crippen molar-refractivity contribution in [3.05, 3.63) is 72.8 Å². The molecule has 1 aromatic carbocycles. The maximum Gasteiger partial charge on any atom is 0.290 e. The second kappa shape index (κ2) is 20.5. The minimum atomic E-state index is -1.10. The topological polar surface area (TPSA) is 180 Å². The Morgan fingerprint density at radius 3 is 2.26 bits per heavy atom. The Morgan fingerprint density at radius 1 is 0.926 bits per heavy atom. The molecule has 1 aliphatic carbocycles. The van der Waals surface area contributed by atoms with Gasteiger partial charge in [-0.15, -0.1) is 6.58 Å². The second-order valence-electron chi connectivity index (χ2n) is 14.6. The van der Waals surface area contributed by atoms with E-state index < -0.39 is 65.5 Å². The Balaban J connectivity index is 1.53. The summed E-state index contributed by atoms with van der Waals surface area (Å²) >= 11 is 0. The molecule has 2 fully saturated rings. The second-order valence-corrected chi connectivity index (χ2v) is 14.6. The first kappa shape index (κ1) is 41.8. The van der Waals surface area contributed by atoms with Crippen molar-refractivity contribution in [2.45, 2.75) is 122 Å². The third-order valence-electron chi connectivity index (χ3n) is 11.0. The standard InChI is InChI=1S/C41H57N7O6/c1-6-16-31(36(49)40(53)44-30(9-4)28-17-12-10-13-18-28)45-39(52)35-27(8-3)21-24-48(35)41(54)33(26(5)7-2)46-38(51)34(29-19-14-11-15-20-29)47-37(50)32-25-42-22-23-43-32/h9-10,12-13,17-18,22-23,25-27,29-31,33-35H,4,6-8,11,14-16,19-21,24H2,1-3,5H3,(H,44,53)(H,45,52)(H,46,51)(H,47,50)/t26?,27-,30-,31?,33-,34-,35-/m0/s1. The number of likely N-dealkylation sites (tertiary alicyclic amines) is 1. The molecule has 2 aromatic rings. The van der Waals surface area contributed by atoms with E-state index in [1.165, 1.54) is 29.6 Å². The molecule has 292 valence electrons. The normalized spacial score (nSPS) is 20.0. The highest BCUT2D eigenvalue weighted by Crippen LogP contribution is 2.30. The van der Waals surface area contributed by atoms with Crippen molar-refractivity contribution in [3.63, 3.8) is 0 Å². The molecule has 0 radical (unpaired) electrons. The van der Waals surface area contributed by atoms with Crippen LogP contribution in [0.4, 0.5) is 0 Å². The maximum absolute atomic E-state index is 14.5. The average molecular weight is 744 g/mol. The van der Waals surface area contributed by atoms with Gasteiger partial charge in [0, 0.05) is 18.9 Å².